The van der Waals surface area contributed by atoms with Crippen LogP contribution < -0.4 is 10.2 Å². The van der Waals surface area contributed by atoms with Crippen molar-refractivity contribution in [3.63, 3.8) is 0 Å². The van der Waals surface area contributed by atoms with Crippen LogP contribution in [-0.2, 0) is 11.3 Å². The normalized spacial score (nSPS) is 10.5. The van der Waals surface area contributed by atoms with Crippen LogP contribution in [0.2, 0.25) is 5.02 Å². The van der Waals surface area contributed by atoms with Crippen molar-refractivity contribution < 1.29 is 9.18 Å². The molecule has 0 saturated carbocycles. The van der Waals surface area contributed by atoms with E-state index in [1.54, 1.807) is 12.3 Å². The van der Waals surface area contributed by atoms with Crippen LogP contribution in [0.5, 0.6) is 0 Å². The van der Waals surface area contributed by atoms with Gasteiger partial charge in [-0.1, -0.05) is 22.9 Å². The zero-order valence-electron chi connectivity index (χ0n) is 9.94. The molecule has 2 aromatic rings. The van der Waals surface area contributed by atoms with Gasteiger partial charge in [-0.3, -0.25) is 14.2 Å². The maximum atomic E-state index is 12.9. The minimum atomic E-state index is -0.479. The van der Waals surface area contributed by atoms with E-state index in [-0.39, 0.29) is 16.4 Å². The van der Waals surface area contributed by atoms with Crippen molar-refractivity contribution in [2.45, 2.75) is 13.5 Å². The Bertz CT molecular complexity index is 681. The van der Waals surface area contributed by atoms with Gasteiger partial charge in [-0.15, -0.1) is 0 Å². The number of amides is 1. The number of aryl methyl sites for hydroxylation is 1. The standard InChI is InChI=1S/C12H10ClFN2O2S/c1-7-6-19-12(18)16(7)5-11(17)15-10-3-2-8(14)4-9(10)13/h2-4,6H,5H2,1H3,(H,15,17). The number of hydrogen-bond donors (Lipinski definition) is 1. The minimum Gasteiger partial charge on any atom is -0.323 e. The highest BCUT2D eigenvalue weighted by Crippen LogP contribution is 2.22. The molecule has 1 aromatic carbocycles. The highest BCUT2D eigenvalue weighted by molar-refractivity contribution is 7.07. The molecule has 0 fully saturated rings. The quantitative estimate of drug-likeness (QED) is 0.947. The van der Waals surface area contributed by atoms with E-state index in [1.165, 1.54) is 16.7 Å². The maximum Gasteiger partial charge on any atom is 0.307 e. The van der Waals surface area contributed by atoms with E-state index in [0.29, 0.717) is 5.69 Å². The summed E-state index contributed by atoms with van der Waals surface area (Å²) in [7, 11) is 0. The number of nitrogens with zero attached hydrogens (tertiary/aromatic N) is 1. The maximum absolute atomic E-state index is 12.9. The first kappa shape index (κ1) is 13.8. The molecule has 0 aliphatic heterocycles. The van der Waals surface area contributed by atoms with Gasteiger partial charge in [-0.05, 0) is 25.1 Å². The Balaban J connectivity index is 2.12. The molecule has 19 heavy (non-hydrogen) atoms. The molecule has 100 valence electrons. The number of hydrogen-bond acceptors (Lipinski definition) is 3. The molecule has 2 rings (SSSR count). The smallest absolute Gasteiger partial charge is 0.307 e. The van der Waals surface area contributed by atoms with E-state index in [2.05, 4.69) is 5.32 Å². The number of rotatable bonds is 3. The Morgan fingerprint density at radius 2 is 2.26 bits per heavy atom. The van der Waals surface area contributed by atoms with Gasteiger partial charge in [0.05, 0.1) is 10.7 Å². The number of carbonyl (C=O) groups excluding carboxylic acids is 1. The van der Waals surface area contributed by atoms with E-state index in [4.69, 9.17) is 11.6 Å². The number of benzene rings is 1. The fourth-order valence-electron chi connectivity index (χ4n) is 1.52. The predicted octanol–water partition coefficient (Wildman–Crippen LogP) is 2.65. The first-order valence-electron chi connectivity index (χ1n) is 5.37. The molecule has 0 spiro atoms. The fourth-order valence-corrected chi connectivity index (χ4v) is 2.47. The van der Waals surface area contributed by atoms with Crippen molar-refractivity contribution in [3.8, 4) is 0 Å². The topological polar surface area (TPSA) is 51.1 Å². The van der Waals surface area contributed by atoms with Gasteiger partial charge in [0.25, 0.3) is 0 Å². The van der Waals surface area contributed by atoms with Crippen molar-refractivity contribution >= 4 is 34.5 Å². The Labute approximate surface area is 117 Å². The molecule has 0 unspecified atom stereocenters. The lowest BCUT2D eigenvalue weighted by molar-refractivity contribution is -0.116. The molecular weight excluding hydrogens is 291 g/mol. The Hall–Kier alpha value is -1.66. The van der Waals surface area contributed by atoms with Gasteiger partial charge in [-0.25, -0.2) is 4.39 Å². The molecule has 7 heteroatoms. The van der Waals surface area contributed by atoms with Crippen LogP contribution in [0.4, 0.5) is 10.1 Å². The van der Waals surface area contributed by atoms with Crippen molar-refractivity contribution in [1.29, 1.82) is 0 Å². The van der Waals surface area contributed by atoms with Crippen LogP contribution in [0.3, 0.4) is 0 Å². The SMILES string of the molecule is Cc1csc(=O)n1CC(=O)Nc1ccc(F)cc1Cl. The van der Waals surface area contributed by atoms with E-state index in [1.807, 2.05) is 0 Å². The van der Waals surface area contributed by atoms with Gasteiger partial charge < -0.3 is 5.32 Å². The lowest BCUT2D eigenvalue weighted by atomic mass is 10.3. The third-order valence-electron chi connectivity index (χ3n) is 2.48. The minimum absolute atomic E-state index is 0.0954. The largest absolute Gasteiger partial charge is 0.323 e. The average molecular weight is 301 g/mol. The summed E-state index contributed by atoms with van der Waals surface area (Å²) in [6.07, 6.45) is 0. The molecule has 1 heterocycles. The first-order chi connectivity index (χ1) is 8.97. The summed E-state index contributed by atoms with van der Waals surface area (Å²) in [6, 6.07) is 3.68. The molecular formula is C12H10ClFN2O2S. The van der Waals surface area contributed by atoms with Crippen LogP contribution in [0.15, 0.2) is 28.4 Å². The molecule has 0 atom stereocenters. The third kappa shape index (κ3) is 3.21. The number of halogens is 2. The van der Waals surface area contributed by atoms with Gasteiger partial charge in [0.2, 0.25) is 5.91 Å². The monoisotopic (exact) mass is 300 g/mol. The van der Waals surface area contributed by atoms with Gasteiger partial charge in [0.15, 0.2) is 0 Å². The summed E-state index contributed by atoms with van der Waals surface area (Å²) in [5.74, 6) is -0.870. The van der Waals surface area contributed by atoms with Crippen LogP contribution >= 0.6 is 22.9 Å². The number of nitrogens with one attached hydrogen (secondary N) is 1. The molecule has 0 radical (unpaired) electrons. The number of thiazole rings is 1. The van der Waals surface area contributed by atoms with Crippen LogP contribution in [0.25, 0.3) is 0 Å². The number of aromatic nitrogens is 1. The third-order valence-corrected chi connectivity index (χ3v) is 3.68. The van der Waals surface area contributed by atoms with Crippen molar-refractivity contribution in [2.75, 3.05) is 5.32 Å². The van der Waals surface area contributed by atoms with Gasteiger partial charge in [-0.2, -0.15) is 0 Å². The molecule has 0 bridgehead atoms. The summed E-state index contributed by atoms with van der Waals surface area (Å²) in [4.78, 5) is 23.1. The summed E-state index contributed by atoms with van der Waals surface area (Å²) < 4.78 is 14.2. The summed E-state index contributed by atoms with van der Waals surface area (Å²) >= 11 is 6.83. The zero-order valence-corrected chi connectivity index (χ0v) is 11.5. The number of carbonyl (C=O) groups is 1. The Morgan fingerprint density at radius 1 is 1.53 bits per heavy atom. The fraction of sp³-hybridized carbons (Fsp3) is 0.167. The van der Waals surface area contributed by atoms with Gasteiger partial charge in [0.1, 0.15) is 12.4 Å². The van der Waals surface area contributed by atoms with E-state index in [0.717, 1.165) is 23.1 Å². The highest BCUT2D eigenvalue weighted by atomic mass is 35.5. The predicted molar refractivity (Wildman–Crippen MR) is 73.4 cm³/mol. The number of anilines is 1. The van der Waals surface area contributed by atoms with Crippen molar-refractivity contribution in [1.82, 2.24) is 4.57 Å². The summed E-state index contributed by atoms with van der Waals surface area (Å²) in [5, 5.41) is 4.33. The highest BCUT2D eigenvalue weighted by Gasteiger charge is 2.10. The molecule has 0 aliphatic carbocycles. The lowest BCUT2D eigenvalue weighted by Crippen LogP contribution is -2.25. The second-order valence-corrected chi connectivity index (χ2v) is 5.13. The Morgan fingerprint density at radius 3 is 2.84 bits per heavy atom. The van der Waals surface area contributed by atoms with Crippen molar-refractivity contribution in [3.05, 3.63) is 49.8 Å². The van der Waals surface area contributed by atoms with Crippen molar-refractivity contribution in [2.24, 2.45) is 0 Å². The molecule has 1 aromatic heterocycles. The zero-order chi connectivity index (χ0) is 14.0. The van der Waals surface area contributed by atoms with Gasteiger partial charge in [0, 0.05) is 11.1 Å². The summed E-state index contributed by atoms with van der Waals surface area (Å²) in [6.45, 7) is 1.65. The van der Waals surface area contributed by atoms with Crippen LogP contribution in [0, 0.1) is 12.7 Å². The van der Waals surface area contributed by atoms with Gasteiger partial charge >= 0.3 is 4.87 Å². The lowest BCUT2D eigenvalue weighted by Gasteiger charge is -2.08. The van der Waals surface area contributed by atoms with Crippen LogP contribution in [-0.4, -0.2) is 10.5 Å². The molecule has 1 amide bonds. The Kier molecular flexibility index (Phi) is 4.01. The molecule has 4 nitrogen and oxygen atoms in total. The van der Waals surface area contributed by atoms with Crippen LogP contribution in [0.1, 0.15) is 5.69 Å². The second-order valence-electron chi connectivity index (χ2n) is 3.90. The van der Waals surface area contributed by atoms with E-state index >= 15 is 0 Å². The molecule has 0 aliphatic rings. The molecule has 1 N–H and O–H groups in total. The van der Waals surface area contributed by atoms with E-state index < -0.39 is 11.7 Å². The average Bonchev–Trinajstić information content (AvgIpc) is 2.65. The summed E-state index contributed by atoms with van der Waals surface area (Å²) in [5.41, 5.74) is 1.03. The van der Waals surface area contributed by atoms with E-state index in [9.17, 15) is 14.0 Å². The molecule has 0 saturated heterocycles. The first-order valence-corrected chi connectivity index (χ1v) is 6.63. The second kappa shape index (κ2) is 5.54.